The number of nitrogens with zero attached hydrogens (tertiary/aromatic N) is 4. The Bertz CT molecular complexity index is 986. The molecule has 146 valence electrons. The molecule has 8 heteroatoms. The topological polar surface area (TPSA) is 69.5 Å². The van der Waals surface area contributed by atoms with E-state index in [0.29, 0.717) is 29.6 Å². The van der Waals surface area contributed by atoms with E-state index < -0.39 is 0 Å². The van der Waals surface area contributed by atoms with Gasteiger partial charge < -0.3 is 14.4 Å². The fourth-order valence-corrected chi connectivity index (χ4v) is 2.80. The lowest BCUT2D eigenvalue weighted by Crippen LogP contribution is -2.27. The van der Waals surface area contributed by atoms with Crippen LogP contribution in [0.1, 0.15) is 22.0 Å². The molecule has 2 aromatic carbocycles. The standard InChI is InChI=1S/C20H21FN4O3/c1-13-22-19(23-25(13)16-8-6-15(21)7-9-16)20(26)24(2)12-14-5-10-17(27-3)18(11-14)28-4/h5-11H,12H2,1-4H3. The molecule has 0 aliphatic rings. The largest absolute Gasteiger partial charge is 0.493 e. The van der Waals surface area contributed by atoms with Crippen molar-refractivity contribution < 1.29 is 18.7 Å². The summed E-state index contributed by atoms with van der Waals surface area (Å²) >= 11 is 0. The summed E-state index contributed by atoms with van der Waals surface area (Å²) in [5, 5.41) is 4.28. The van der Waals surface area contributed by atoms with Gasteiger partial charge in [0.2, 0.25) is 5.82 Å². The zero-order chi connectivity index (χ0) is 20.3. The SMILES string of the molecule is COc1ccc(CN(C)C(=O)c2nc(C)n(-c3ccc(F)cc3)n2)cc1OC. The van der Waals surface area contributed by atoms with E-state index in [-0.39, 0.29) is 17.5 Å². The first-order valence-corrected chi connectivity index (χ1v) is 8.59. The zero-order valence-corrected chi connectivity index (χ0v) is 16.1. The third-order valence-electron chi connectivity index (χ3n) is 4.25. The van der Waals surface area contributed by atoms with E-state index >= 15 is 0 Å². The molecule has 0 fully saturated rings. The number of ether oxygens (including phenoxy) is 2. The first kappa shape index (κ1) is 19.3. The van der Waals surface area contributed by atoms with Crippen molar-refractivity contribution in [2.45, 2.75) is 13.5 Å². The normalized spacial score (nSPS) is 10.6. The highest BCUT2D eigenvalue weighted by molar-refractivity contribution is 5.90. The monoisotopic (exact) mass is 384 g/mol. The van der Waals surface area contributed by atoms with Crippen LogP contribution in [0.5, 0.6) is 11.5 Å². The van der Waals surface area contributed by atoms with Gasteiger partial charge in [-0.25, -0.2) is 14.1 Å². The fraction of sp³-hybridized carbons (Fsp3) is 0.250. The number of hydrogen-bond donors (Lipinski definition) is 0. The summed E-state index contributed by atoms with van der Waals surface area (Å²) in [6.07, 6.45) is 0. The molecule has 0 saturated heterocycles. The van der Waals surface area contributed by atoms with Gasteiger partial charge in [-0.2, -0.15) is 0 Å². The van der Waals surface area contributed by atoms with Gasteiger partial charge in [-0.05, 0) is 48.9 Å². The maximum atomic E-state index is 13.1. The fourth-order valence-electron chi connectivity index (χ4n) is 2.80. The number of methoxy groups -OCH3 is 2. The highest BCUT2D eigenvalue weighted by atomic mass is 19.1. The molecule has 0 aliphatic heterocycles. The van der Waals surface area contributed by atoms with E-state index in [2.05, 4.69) is 10.1 Å². The van der Waals surface area contributed by atoms with Crippen molar-refractivity contribution in [3.63, 3.8) is 0 Å². The molecule has 0 spiro atoms. The molecule has 3 rings (SSSR count). The van der Waals surface area contributed by atoms with Crippen LogP contribution in [-0.2, 0) is 6.54 Å². The summed E-state index contributed by atoms with van der Waals surface area (Å²) in [4.78, 5) is 18.5. The number of rotatable bonds is 6. The van der Waals surface area contributed by atoms with Crippen molar-refractivity contribution in [3.8, 4) is 17.2 Å². The van der Waals surface area contributed by atoms with E-state index in [1.165, 1.54) is 21.7 Å². The summed E-state index contributed by atoms with van der Waals surface area (Å²) in [6.45, 7) is 2.09. The second kappa shape index (κ2) is 8.08. The molecule has 0 saturated carbocycles. The molecule has 1 aromatic heterocycles. The Balaban J connectivity index is 1.78. The lowest BCUT2D eigenvalue weighted by molar-refractivity contribution is 0.0773. The maximum Gasteiger partial charge on any atom is 0.293 e. The molecular weight excluding hydrogens is 363 g/mol. The van der Waals surface area contributed by atoms with Crippen molar-refractivity contribution >= 4 is 5.91 Å². The first-order valence-electron chi connectivity index (χ1n) is 8.59. The number of aromatic nitrogens is 3. The molecule has 3 aromatic rings. The number of aryl methyl sites for hydroxylation is 1. The average Bonchev–Trinajstić information content (AvgIpc) is 3.09. The summed E-state index contributed by atoms with van der Waals surface area (Å²) in [7, 11) is 4.80. The number of amides is 1. The van der Waals surface area contributed by atoms with Crippen LogP contribution in [0.25, 0.3) is 5.69 Å². The molecule has 0 aliphatic carbocycles. The lowest BCUT2D eigenvalue weighted by Gasteiger charge is -2.16. The van der Waals surface area contributed by atoms with Crippen molar-refractivity contribution in [3.05, 3.63) is 65.5 Å². The summed E-state index contributed by atoms with van der Waals surface area (Å²) in [5.41, 5.74) is 1.51. The molecular formula is C20H21FN4O3. The van der Waals surface area contributed by atoms with Crippen LogP contribution in [0.4, 0.5) is 4.39 Å². The number of carbonyl (C=O) groups excluding carboxylic acids is 1. The average molecular weight is 384 g/mol. The summed E-state index contributed by atoms with van der Waals surface area (Å²) in [5.74, 6) is 1.16. The van der Waals surface area contributed by atoms with E-state index in [1.54, 1.807) is 46.4 Å². The molecule has 0 radical (unpaired) electrons. The van der Waals surface area contributed by atoms with E-state index in [1.807, 2.05) is 12.1 Å². The lowest BCUT2D eigenvalue weighted by atomic mass is 10.2. The first-order chi connectivity index (χ1) is 13.4. The molecule has 7 nitrogen and oxygen atoms in total. The van der Waals surface area contributed by atoms with Crippen LogP contribution in [0.3, 0.4) is 0 Å². The predicted octanol–water partition coefficient (Wildman–Crippen LogP) is 3.00. The molecule has 0 unspecified atom stereocenters. The highest BCUT2D eigenvalue weighted by Gasteiger charge is 2.20. The smallest absolute Gasteiger partial charge is 0.293 e. The minimum atomic E-state index is -0.340. The molecule has 1 amide bonds. The van der Waals surface area contributed by atoms with Gasteiger partial charge >= 0.3 is 0 Å². The van der Waals surface area contributed by atoms with Crippen molar-refractivity contribution in [1.82, 2.24) is 19.7 Å². The van der Waals surface area contributed by atoms with Crippen LogP contribution in [0.15, 0.2) is 42.5 Å². The number of halogens is 1. The Kier molecular flexibility index (Phi) is 5.58. The van der Waals surface area contributed by atoms with Gasteiger partial charge in [0.05, 0.1) is 19.9 Å². The molecule has 1 heterocycles. The van der Waals surface area contributed by atoms with E-state index in [4.69, 9.17) is 9.47 Å². The van der Waals surface area contributed by atoms with Gasteiger partial charge in [-0.1, -0.05) is 6.07 Å². The van der Waals surface area contributed by atoms with E-state index in [0.717, 1.165) is 5.56 Å². The quantitative estimate of drug-likeness (QED) is 0.653. The molecule has 0 bridgehead atoms. The summed E-state index contributed by atoms with van der Waals surface area (Å²) < 4.78 is 25.2. The van der Waals surface area contributed by atoms with Gasteiger partial charge in [0.15, 0.2) is 11.5 Å². The second-order valence-electron chi connectivity index (χ2n) is 6.22. The van der Waals surface area contributed by atoms with Gasteiger partial charge in [0, 0.05) is 13.6 Å². The number of benzene rings is 2. The second-order valence-corrected chi connectivity index (χ2v) is 6.22. The van der Waals surface area contributed by atoms with Crippen LogP contribution in [0.2, 0.25) is 0 Å². The van der Waals surface area contributed by atoms with Crippen LogP contribution in [0, 0.1) is 12.7 Å². The number of hydrogen-bond acceptors (Lipinski definition) is 5. The Morgan fingerprint density at radius 1 is 1.11 bits per heavy atom. The van der Waals surface area contributed by atoms with Gasteiger partial charge in [0.1, 0.15) is 11.6 Å². The Labute approximate surface area is 162 Å². The minimum absolute atomic E-state index is 0.0739. The van der Waals surface area contributed by atoms with Crippen molar-refractivity contribution in [1.29, 1.82) is 0 Å². The zero-order valence-electron chi connectivity index (χ0n) is 16.1. The third-order valence-corrected chi connectivity index (χ3v) is 4.25. The molecule has 28 heavy (non-hydrogen) atoms. The maximum absolute atomic E-state index is 13.1. The third kappa shape index (κ3) is 3.95. The van der Waals surface area contributed by atoms with Gasteiger partial charge in [-0.3, -0.25) is 4.79 Å². The van der Waals surface area contributed by atoms with Crippen LogP contribution in [-0.4, -0.2) is 46.8 Å². The Morgan fingerprint density at radius 2 is 1.79 bits per heavy atom. The van der Waals surface area contributed by atoms with E-state index in [9.17, 15) is 9.18 Å². The van der Waals surface area contributed by atoms with Gasteiger partial charge in [0.25, 0.3) is 5.91 Å². The Hall–Kier alpha value is -3.42. The van der Waals surface area contributed by atoms with Crippen LogP contribution >= 0.6 is 0 Å². The highest BCUT2D eigenvalue weighted by Crippen LogP contribution is 2.28. The summed E-state index contributed by atoms with van der Waals surface area (Å²) in [6, 6.07) is 11.3. The Morgan fingerprint density at radius 3 is 2.43 bits per heavy atom. The van der Waals surface area contributed by atoms with Crippen molar-refractivity contribution in [2.75, 3.05) is 21.3 Å². The number of carbonyl (C=O) groups is 1. The van der Waals surface area contributed by atoms with Gasteiger partial charge in [-0.15, -0.1) is 5.10 Å². The minimum Gasteiger partial charge on any atom is -0.493 e. The molecule has 0 atom stereocenters. The van der Waals surface area contributed by atoms with Crippen LogP contribution < -0.4 is 9.47 Å². The van der Waals surface area contributed by atoms with Crippen molar-refractivity contribution in [2.24, 2.45) is 0 Å². The predicted molar refractivity (Wildman–Crippen MR) is 101 cm³/mol. The molecule has 0 N–H and O–H groups in total.